The lowest BCUT2D eigenvalue weighted by Crippen LogP contribution is -2.69. The predicted molar refractivity (Wildman–Crippen MR) is 194 cm³/mol. The van der Waals surface area contributed by atoms with E-state index in [0.29, 0.717) is 29.8 Å². The van der Waals surface area contributed by atoms with Gasteiger partial charge in [0.15, 0.2) is 0 Å². The summed E-state index contributed by atoms with van der Waals surface area (Å²) in [5, 5.41) is 5.24. The van der Waals surface area contributed by atoms with Crippen molar-refractivity contribution in [3.63, 3.8) is 0 Å². The Balaban J connectivity index is 1.12. The summed E-state index contributed by atoms with van der Waals surface area (Å²) in [6, 6.07) is 17.1. The van der Waals surface area contributed by atoms with Gasteiger partial charge in [-0.05, 0) is 98.7 Å². The predicted octanol–water partition coefficient (Wildman–Crippen LogP) is 9.30. The van der Waals surface area contributed by atoms with Gasteiger partial charge in [-0.1, -0.05) is 84.2 Å². The van der Waals surface area contributed by atoms with Crippen LogP contribution in [-0.4, -0.2) is 27.7 Å². The lowest BCUT2D eigenvalue weighted by Gasteiger charge is -2.57. The minimum Gasteiger partial charge on any atom is -0.337 e. The molecule has 6 unspecified atom stereocenters. The van der Waals surface area contributed by atoms with Gasteiger partial charge < -0.3 is 4.90 Å². The van der Waals surface area contributed by atoms with Gasteiger partial charge in [-0.15, -0.1) is 6.42 Å². The molecular formula is C44H39N3. The van der Waals surface area contributed by atoms with Crippen LogP contribution in [0.25, 0.3) is 21.8 Å². The molecule has 1 aromatic heterocycles. The van der Waals surface area contributed by atoms with Crippen LogP contribution >= 0.6 is 0 Å². The van der Waals surface area contributed by atoms with E-state index in [-0.39, 0.29) is 6.04 Å². The van der Waals surface area contributed by atoms with E-state index in [4.69, 9.17) is 6.42 Å². The maximum atomic E-state index is 6.28. The summed E-state index contributed by atoms with van der Waals surface area (Å²) < 4.78 is 2.52. The zero-order chi connectivity index (χ0) is 31.5. The zero-order valence-electron chi connectivity index (χ0n) is 26.9. The Hall–Kier alpha value is -5.12. The summed E-state index contributed by atoms with van der Waals surface area (Å²) in [6.07, 6.45) is 38.9. The van der Waals surface area contributed by atoms with Crippen LogP contribution in [0.15, 0.2) is 149 Å². The van der Waals surface area contributed by atoms with Crippen LogP contribution in [0.2, 0.25) is 0 Å². The summed E-state index contributed by atoms with van der Waals surface area (Å²) >= 11 is 0. The molecule has 3 heterocycles. The van der Waals surface area contributed by atoms with Gasteiger partial charge in [0.05, 0.1) is 34.9 Å². The van der Waals surface area contributed by atoms with Crippen molar-refractivity contribution in [3.8, 4) is 12.3 Å². The molecule has 0 saturated carbocycles. The largest absolute Gasteiger partial charge is 0.337 e. The number of benzene rings is 2. The second-order valence-electron chi connectivity index (χ2n) is 13.6. The summed E-state index contributed by atoms with van der Waals surface area (Å²) in [7, 11) is 0. The van der Waals surface area contributed by atoms with Gasteiger partial charge in [0.2, 0.25) is 0 Å². The van der Waals surface area contributed by atoms with Crippen LogP contribution in [0.4, 0.5) is 0 Å². The first kappa shape index (κ1) is 28.1. The molecule has 0 amide bonds. The van der Waals surface area contributed by atoms with E-state index in [9.17, 15) is 0 Å². The average Bonchev–Trinajstić information content (AvgIpc) is 3.61. The third-order valence-corrected chi connectivity index (χ3v) is 11.2. The number of hydrogen-bond acceptors (Lipinski definition) is 2. The van der Waals surface area contributed by atoms with Gasteiger partial charge in [0, 0.05) is 39.8 Å². The third-order valence-electron chi connectivity index (χ3n) is 11.2. The molecule has 2 aliphatic heterocycles. The van der Waals surface area contributed by atoms with E-state index in [1.54, 1.807) is 0 Å². The fourth-order valence-corrected chi connectivity index (χ4v) is 9.20. The molecule has 3 nitrogen and oxygen atoms in total. The van der Waals surface area contributed by atoms with Crippen molar-refractivity contribution in [1.82, 2.24) is 9.58 Å². The first-order valence-electron chi connectivity index (χ1n) is 17.3. The lowest BCUT2D eigenvalue weighted by molar-refractivity contribution is 0.197. The summed E-state index contributed by atoms with van der Waals surface area (Å²) in [5.41, 5.74) is 15.3. The molecule has 3 heteroatoms. The smallest absolute Gasteiger partial charge is 0.0769 e. The molecule has 6 aliphatic rings. The number of para-hydroxylation sites is 1. The Labute approximate surface area is 277 Å². The van der Waals surface area contributed by atoms with Gasteiger partial charge in [-0.25, -0.2) is 0 Å². The SMILES string of the molecule is C#CC1=C(/C=C\C)N(C2=CC=CCC2)C2C=CC(c3ccc4c(c3)c3ccccc3n4N3C4C=CCCC4C3C3=CC=C=C=C3)CC12. The first-order valence-corrected chi connectivity index (χ1v) is 17.3. The molecule has 0 N–H and O–H groups in total. The monoisotopic (exact) mass is 609 g/mol. The number of fused-ring (bicyclic) bond motifs is 5. The number of allylic oxidation sites excluding steroid dienone is 10. The van der Waals surface area contributed by atoms with Crippen molar-refractivity contribution in [2.75, 3.05) is 5.01 Å². The van der Waals surface area contributed by atoms with E-state index < -0.39 is 0 Å². The maximum Gasteiger partial charge on any atom is 0.0769 e. The standard InChI is InChI=1S/C44H39N3/c1-3-15-39-34(4-2)37-28-31(24-26-40(37)45(39)33-18-9-6-10-19-33)32-25-27-43-38(29-32)35-20-11-13-22-41(35)46(43)47-42-23-14-12-21-36(42)44(47)30-16-7-5-8-17-30/h2-3,6-7,9,11,13-18,20,22-27,29,31,36-37,40,42,44H,10,12,19,21,28H2,1H3/b15-3-. The van der Waals surface area contributed by atoms with Gasteiger partial charge in [0.1, 0.15) is 0 Å². The highest BCUT2D eigenvalue weighted by atomic mass is 15.6. The Morgan fingerprint density at radius 1 is 0.936 bits per heavy atom. The molecule has 1 saturated heterocycles. The molecule has 4 aliphatic carbocycles. The third kappa shape index (κ3) is 4.30. The maximum absolute atomic E-state index is 6.28. The van der Waals surface area contributed by atoms with Crippen LogP contribution in [-0.2, 0) is 0 Å². The molecule has 0 radical (unpaired) electrons. The van der Waals surface area contributed by atoms with Crippen molar-refractivity contribution < 1.29 is 0 Å². The highest BCUT2D eigenvalue weighted by molar-refractivity contribution is 6.08. The normalized spacial score (nSPS) is 29.0. The number of aromatic nitrogens is 1. The van der Waals surface area contributed by atoms with Crippen molar-refractivity contribution in [2.24, 2.45) is 11.8 Å². The second-order valence-corrected chi connectivity index (χ2v) is 13.6. The molecule has 2 aromatic carbocycles. The zero-order valence-corrected chi connectivity index (χ0v) is 26.9. The van der Waals surface area contributed by atoms with E-state index in [1.807, 2.05) is 6.08 Å². The molecule has 0 bridgehead atoms. The Kier molecular flexibility index (Phi) is 6.76. The van der Waals surface area contributed by atoms with Gasteiger partial charge in [-0.3, -0.25) is 9.69 Å². The fraction of sp³-hybridized carbons (Fsp3) is 0.273. The minimum absolute atomic E-state index is 0.263. The molecule has 230 valence electrons. The van der Waals surface area contributed by atoms with Gasteiger partial charge in [0.25, 0.3) is 0 Å². The van der Waals surface area contributed by atoms with E-state index in [0.717, 1.165) is 31.3 Å². The van der Waals surface area contributed by atoms with E-state index >= 15 is 0 Å². The minimum atomic E-state index is 0.263. The topological polar surface area (TPSA) is 11.4 Å². The van der Waals surface area contributed by atoms with Crippen LogP contribution in [0.1, 0.15) is 50.5 Å². The quantitative estimate of drug-likeness (QED) is 0.162. The fourth-order valence-electron chi connectivity index (χ4n) is 9.20. The van der Waals surface area contributed by atoms with Crippen LogP contribution in [0.5, 0.6) is 0 Å². The first-order chi connectivity index (χ1) is 23.3. The van der Waals surface area contributed by atoms with E-state index in [1.165, 1.54) is 50.8 Å². The van der Waals surface area contributed by atoms with Crippen molar-refractivity contribution in [1.29, 1.82) is 0 Å². The van der Waals surface area contributed by atoms with Crippen molar-refractivity contribution in [3.05, 3.63) is 155 Å². The number of hydrogen-bond donors (Lipinski definition) is 0. The Bertz CT molecular complexity index is 2170. The lowest BCUT2D eigenvalue weighted by atomic mass is 9.72. The molecular weight excluding hydrogens is 571 g/mol. The number of nitrogens with zero attached hydrogens (tertiary/aromatic N) is 3. The van der Waals surface area contributed by atoms with Gasteiger partial charge >= 0.3 is 0 Å². The highest BCUT2D eigenvalue weighted by Crippen LogP contribution is 2.48. The molecule has 9 rings (SSSR count). The molecule has 1 fully saturated rings. The molecule has 0 spiro atoms. The average molecular weight is 610 g/mol. The molecule has 3 aromatic rings. The van der Waals surface area contributed by atoms with Crippen LogP contribution < -0.4 is 5.01 Å². The summed E-state index contributed by atoms with van der Waals surface area (Å²) in [4.78, 5) is 2.52. The number of rotatable bonds is 5. The van der Waals surface area contributed by atoms with E-state index in [2.05, 4.69) is 148 Å². The Morgan fingerprint density at radius 2 is 1.85 bits per heavy atom. The molecule has 6 atom stereocenters. The highest BCUT2D eigenvalue weighted by Gasteiger charge is 2.50. The second kappa shape index (κ2) is 11.3. The van der Waals surface area contributed by atoms with Gasteiger partial charge in [-0.2, -0.15) is 0 Å². The summed E-state index contributed by atoms with van der Waals surface area (Å²) in [5.74, 6) is 4.35. The molecule has 47 heavy (non-hydrogen) atoms. The number of terminal acetylenes is 1. The van der Waals surface area contributed by atoms with Crippen molar-refractivity contribution >= 4 is 21.8 Å². The van der Waals surface area contributed by atoms with Crippen LogP contribution in [0, 0.1) is 24.2 Å². The summed E-state index contributed by atoms with van der Waals surface area (Å²) in [6.45, 7) is 2.09. The van der Waals surface area contributed by atoms with Crippen molar-refractivity contribution in [2.45, 2.75) is 63.1 Å². The Morgan fingerprint density at radius 3 is 2.68 bits per heavy atom. The van der Waals surface area contributed by atoms with Crippen LogP contribution in [0.3, 0.4) is 0 Å².